The van der Waals surface area contributed by atoms with E-state index in [1.165, 1.54) is 19.2 Å². The summed E-state index contributed by atoms with van der Waals surface area (Å²) in [5, 5.41) is 8.70. The van der Waals surface area contributed by atoms with Gasteiger partial charge in [-0.2, -0.15) is 5.26 Å². The third-order valence-electron chi connectivity index (χ3n) is 3.05. The van der Waals surface area contributed by atoms with E-state index in [0.29, 0.717) is 11.1 Å². The SMILES string of the molecule is COc1ccc(CC(=O)OCc2ccc(C#N)cc2)cc1F. The Kier molecular flexibility index (Phi) is 5.10. The van der Waals surface area contributed by atoms with E-state index in [1.807, 2.05) is 6.07 Å². The van der Waals surface area contributed by atoms with Crippen LogP contribution < -0.4 is 4.74 Å². The lowest BCUT2D eigenvalue weighted by atomic mass is 10.1. The lowest BCUT2D eigenvalue weighted by Gasteiger charge is -2.07. The Labute approximate surface area is 127 Å². The number of hydrogen-bond acceptors (Lipinski definition) is 4. The summed E-state index contributed by atoms with van der Waals surface area (Å²) in [6.45, 7) is 0.114. The normalized spacial score (nSPS) is 9.86. The van der Waals surface area contributed by atoms with Crippen molar-refractivity contribution in [3.63, 3.8) is 0 Å². The van der Waals surface area contributed by atoms with E-state index in [1.54, 1.807) is 30.3 Å². The van der Waals surface area contributed by atoms with E-state index in [0.717, 1.165) is 5.56 Å². The highest BCUT2D eigenvalue weighted by Crippen LogP contribution is 2.18. The number of esters is 1. The van der Waals surface area contributed by atoms with Crippen molar-refractivity contribution in [1.82, 2.24) is 0 Å². The highest BCUT2D eigenvalue weighted by Gasteiger charge is 2.09. The van der Waals surface area contributed by atoms with E-state index in [2.05, 4.69) is 0 Å². The van der Waals surface area contributed by atoms with Crippen molar-refractivity contribution in [2.45, 2.75) is 13.0 Å². The van der Waals surface area contributed by atoms with Crippen LogP contribution in [-0.4, -0.2) is 13.1 Å². The predicted molar refractivity (Wildman–Crippen MR) is 77.6 cm³/mol. The summed E-state index contributed by atoms with van der Waals surface area (Å²) >= 11 is 0. The minimum absolute atomic E-state index is 0.0167. The number of benzene rings is 2. The lowest BCUT2D eigenvalue weighted by Crippen LogP contribution is -2.08. The summed E-state index contributed by atoms with van der Waals surface area (Å²) in [5.41, 5.74) is 1.85. The highest BCUT2D eigenvalue weighted by molar-refractivity contribution is 5.72. The molecule has 0 heterocycles. The molecule has 0 aromatic heterocycles. The topological polar surface area (TPSA) is 59.3 Å². The van der Waals surface area contributed by atoms with Crippen LogP contribution in [0.5, 0.6) is 5.75 Å². The van der Waals surface area contributed by atoms with Gasteiger partial charge in [-0.15, -0.1) is 0 Å². The molecule has 22 heavy (non-hydrogen) atoms. The van der Waals surface area contributed by atoms with Crippen LogP contribution >= 0.6 is 0 Å². The average molecular weight is 299 g/mol. The van der Waals surface area contributed by atoms with Gasteiger partial charge in [0, 0.05) is 0 Å². The highest BCUT2D eigenvalue weighted by atomic mass is 19.1. The fourth-order valence-electron chi connectivity index (χ4n) is 1.88. The minimum Gasteiger partial charge on any atom is -0.494 e. The minimum atomic E-state index is -0.514. The van der Waals surface area contributed by atoms with Gasteiger partial charge >= 0.3 is 5.97 Å². The van der Waals surface area contributed by atoms with Crippen LogP contribution in [0.3, 0.4) is 0 Å². The zero-order chi connectivity index (χ0) is 15.9. The number of carbonyl (C=O) groups is 1. The first-order valence-electron chi connectivity index (χ1n) is 6.59. The molecule has 2 rings (SSSR count). The molecule has 0 radical (unpaired) electrons. The average Bonchev–Trinajstić information content (AvgIpc) is 2.53. The number of nitrogens with zero attached hydrogens (tertiary/aromatic N) is 1. The first kappa shape index (κ1) is 15.5. The van der Waals surface area contributed by atoms with E-state index < -0.39 is 11.8 Å². The first-order chi connectivity index (χ1) is 10.6. The molecule has 4 nitrogen and oxygen atoms in total. The third-order valence-corrected chi connectivity index (χ3v) is 3.05. The van der Waals surface area contributed by atoms with Crippen molar-refractivity contribution in [1.29, 1.82) is 5.26 Å². The number of nitriles is 1. The van der Waals surface area contributed by atoms with Gasteiger partial charge in [-0.1, -0.05) is 18.2 Å². The van der Waals surface area contributed by atoms with Gasteiger partial charge in [0.05, 0.1) is 25.2 Å². The quantitative estimate of drug-likeness (QED) is 0.796. The molecule has 0 amide bonds. The molecule has 0 aliphatic heterocycles. The maximum atomic E-state index is 13.5. The van der Waals surface area contributed by atoms with Crippen LogP contribution in [0.1, 0.15) is 16.7 Å². The number of halogens is 1. The van der Waals surface area contributed by atoms with Gasteiger partial charge in [0.25, 0.3) is 0 Å². The second-order valence-corrected chi connectivity index (χ2v) is 4.62. The summed E-state index contributed by atoms with van der Waals surface area (Å²) in [6.07, 6.45) is -0.0167. The smallest absolute Gasteiger partial charge is 0.310 e. The monoisotopic (exact) mass is 299 g/mol. The van der Waals surface area contributed by atoms with Crippen molar-refractivity contribution in [3.8, 4) is 11.8 Å². The molecule has 0 saturated carbocycles. The Morgan fingerprint density at radius 1 is 1.18 bits per heavy atom. The third kappa shape index (κ3) is 4.06. The second-order valence-electron chi connectivity index (χ2n) is 4.62. The molecule has 0 atom stereocenters. The first-order valence-corrected chi connectivity index (χ1v) is 6.59. The maximum Gasteiger partial charge on any atom is 0.310 e. The zero-order valence-corrected chi connectivity index (χ0v) is 12.0. The molecule has 2 aromatic carbocycles. The van der Waals surface area contributed by atoms with Crippen LogP contribution in [0.4, 0.5) is 4.39 Å². The summed E-state index contributed by atoms with van der Waals surface area (Å²) in [6, 6.07) is 13.1. The molecule has 0 unspecified atom stereocenters. The molecule has 0 bridgehead atoms. The Hall–Kier alpha value is -2.87. The molecule has 2 aromatic rings. The Balaban J connectivity index is 1.90. The molecule has 5 heteroatoms. The summed E-state index contributed by atoms with van der Waals surface area (Å²) < 4.78 is 23.5. The summed E-state index contributed by atoms with van der Waals surface area (Å²) in [5.74, 6) is -0.830. The molecule has 0 spiro atoms. The van der Waals surface area contributed by atoms with Gasteiger partial charge in [-0.3, -0.25) is 4.79 Å². The van der Waals surface area contributed by atoms with Gasteiger partial charge in [-0.05, 0) is 35.4 Å². The largest absolute Gasteiger partial charge is 0.494 e. The van der Waals surface area contributed by atoms with Crippen molar-refractivity contribution in [2.24, 2.45) is 0 Å². The molecular weight excluding hydrogens is 285 g/mol. The van der Waals surface area contributed by atoms with E-state index >= 15 is 0 Å². The van der Waals surface area contributed by atoms with Crippen molar-refractivity contribution in [3.05, 3.63) is 65.0 Å². The van der Waals surface area contributed by atoms with Gasteiger partial charge in [0.15, 0.2) is 11.6 Å². The molecule has 0 fully saturated rings. The molecule has 0 N–H and O–H groups in total. The Bertz CT molecular complexity index is 705. The van der Waals surface area contributed by atoms with E-state index in [9.17, 15) is 9.18 Å². The number of hydrogen-bond donors (Lipinski definition) is 0. The number of methoxy groups -OCH3 is 1. The summed E-state index contributed by atoms with van der Waals surface area (Å²) in [7, 11) is 1.38. The fourth-order valence-corrected chi connectivity index (χ4v) is 1.88. The van der Waals surface area contributed by atoms with E-state index in [4.69, 9.17) is 14.7 Å². The van der Waals surface area contributed by atoms with Gasteiger partial charge in [-0.25, -0.2) is 4.39 Å². The predicted octanol–water partition coefficient (Wildman–Crippen LogP) is 2.99. The fraction of sp³-hybridized carbons (Fsp3) is 0.176. The standard InChI is InChI=1S/C17H14FNO3/c1-21-16-7-6-14(8-15(16)18)9-17(20)22-11-13-4-2-12(10-19)3-5-13/h2-8H,9,11H2,1H3. The van der Waals surface area contributed by atoms with Gasteiger partial charge in [0.2, 0.25) is 0 Å². The molecule has 0 saturated heterocycles. The van der Waals surface area contributed by atoms with Crippen molar-refractivity contribution < 1.29 is 18.7 Å². The molecular formula is C17H14FNO3. The maximum absolute atomic E-state index is 13.5. The second kappa shape index (κ2) is 7.23. The molecule has 0 aliphatic carbocycles. The van der Waals surface area contributed by atoms with Crippen LogP contribution in [-0.2, 0) is 22.6 Å². The van der Waals surface area contributed by atoms with E-state index in [-0.39, 0.29) is 18.8 Å². The molecule has 0 aliphatic rings. The lowest BCUT2D eigenvalue weighted by molar-refractivity contribution is -0.144. The zero-order valence-electron chi connectivity index (χ0n) is 12.0. The summed E-state index contributed by atoms with van der Waals surface area (Å²) in [4.78, 5) is 11.7. The van der Waals surface area contributed by atoms with Crippen LogP contribution in [0.25, 0.3) is 0 Å². The van der Waals surface area contributed by atoms with Crippen molar-refractivity contribution in [2.75, 3.05) is 7.11 Å². The number of ether oxygens (including phenoxy) is 2. The Morgan fingerprint density at radius 2 is 1.86 bits per heavy atom. The van der Waals surface area contributed by atoms with Crippen LogP contribution in [0.2, 0.25) is 0 Å². The number of carbonyl (C=O) groups excluding carboxylic acids is 1. The molecule has 112 valence electrons. The van der Waals surface area contributed by atoms with Crippen LogP contribution in [0.15, 0.2) is 42.5 Å². The number of rotatable bonds is 5. The van der Waals surface area contributed by atoms with Gasteiger partial charge < -0.3 is 9.47 Å². The Morgan fingerprint density at radius 3 is 2.45 bits per heavy atom. The van der Waals surface area contributed by atoms with Crippen molar-refractivity contribution >= 4 is 5.97 Å². The van der Waals surface area contributed by atoms with Gasteiger partial charge in [0.1, 0.15) is 6.61 Å². The van der Waals surface area contributed by atoms with Crippen LogP contribution in [0, 0.1) is 17.1 Å².